The summed E-state index contributed by atoms with van der Waals surface area (Å²) >= 11 is 0. The van der Waals surface area contributed by atoms with Crippen LogP contribution in [0.1, 0.15) is 49.9 Å². The molecular weight excluding hydrogens is 673 g/mol. The van der Waals surface area contributed by atoms with Gasteiger partial charge in [0, 0.05) is 10.8 Å². The van der Waals surface area contributed by atoms with Crippen molar-refractivity contribution in [1.82, 2.24) is 0 Å². The fraction of sp³-hybridized carbons (Fsp3) is 0.107. The van der Waals surface area contributed by atoms with E-state index in [-0.39, 0.29) is 10.8 Å². The molecule has 0 aliphatic heterocycles. The van der Waals surface area contributed by atoms with Gasteiger partial charge in [0.1, 0.15) is 0 Å². The number of rotatable bonds is 2. The predicted octanol–water partition coefficient (Wildman–Crippen LogP) is 15.4. The van der Waals surface area contributed by atoms with E-state index < -0.39 is 0 Å². The van der Waals surface area contributed by atoms with Gasteiger partial charge in [-0.3, -0.25) is 0 Å². The highest BCUT2D eigenvalue weighted by Crippen LogP contribution is 2.58. The van der Waals surface area contributed by atoms with Crippen molar-refractivity contribution in [3.63, 3.8) is 0 Å². The van der Waals surface area contributed by atoms with Crippen molar-refractivity contribution >= 4 is 53.9 Å². The molecule has 264 valence electrons. The monoisotopic (exact) mass is 712 g/mol. The third-order valence-corrected chi connectivity index (χ3v) is 13.6. The molecule has 10 aromatic carbocycles. The molecule has 0 atom stereocenters. The molecule has 0 heterocycles. The lowest BCUT2D eigenvalue weighted by Gasteiger charge is -2.36. The lowest BCUT2D eigenvalue weighted by atomic mass is 9.66. The normalized spacial score (nSPS) is 14.7. The van der Waals surface area contributed by atoms with Gasteiger partial charge in [-0.15, -0.1) is 0 Å². The van der Waals surface area contributed by atoms with Gasteiger partial charge >= 0.3 is 0 Å². The topological polar surface area (TPSA) is 0 Å². The van der Waals surface area contributed by atoms with E-state index in [4.69, 9.17) is 0 Å². The highest BCUT2D eigenvalue weighted by atomic mass is 14.4. The maximum absolute atomic E-state index is 2.56. The zero-order valence-corrected chi connectivity index (χ0v) is 32.2. The Kier molecular flexibility index (Phi) is 6.28. The molecule has 56 heavy (non-hydrogen) atoms. The lowest BCUT2D eigenvalue weighted by molar-refractivity contribution is 0.644. The van der Waals surface area contributed by atoms with Crippen LogP contribution in [0.15, 0.2) is 170 Å². The fourth-order valence-electron chi connectivity index (χ4n) is 10.8. The van der Waals surface area contributed by atoms with Gasteiger partial charge in [0.25, 0.3) is 0 Å². The first kappa shape index (κ1) is 31.8. The molecule has 0 N–H and O–H groups in total. The van der Waals surface area contributed by atoms with Crippen LogP contribution < -0.4 is 0 Å². The predicted molar refractivity (Wildman–Crippen MR) is 240 cm³/mol. The van der Waals surface area contributed by atoms with Gasteiger partial charge in [0.2, 0.25) is 0 Å². The summed E-state index contributed by atoms with van der Waals surface area (Å²) < 4.78 is 0. The Bertz CT molecular complexity index is 3350. The zero-order valence-electron chi connectivity index (χ0n) is 32.2. The molecule has 0 spiro atoms. The molecule has 0 amide bonds. The Morgan fingerprint density at radius 3 is 1.34 bits per heavy atom. The van der Waals surface area contributed by atoms with E-state index in [1.807, 2.05) is 0 Å². The van der Waals surface area contributed by atoms with Crippen molar-refractivity contribution in [2.24, 2.45) is 0 Å². The molecule has 2 aliphatic rings. The quantitative estimate of drug-likeness (QED) is 0.157. The van der Waals surface area contributed by atoms with Crippen molar-refractivity contribution in [3.8, 4) is 44.5 Å². The molecule has 12 rings (SSSR count). The van der Waals surface area contributed by atoms with E-state index in [1.165, 1.54) is 121 Å². The lowest BCUT2D eigenvalue weighted by Crippen LogP contribution is -2.24. The molecule has 0 radical (unpaired) electrons. The largest absolute Gasteiger partial charge is 0.0616 e. The van der Waals surface area contributed by atoms with E-state index in [2.05, 4.69) is 198 Å². The summed E-state index contributed by atoms with van der Waals surface area (Å²) in [5.74, 6) is 0. The number of hydrogen-bond donors (Lipinski definition) is 0. The van der Waals surface area contributed by atoms with Crippen LogP contribution in [0.3, 0.4) is 0 Å². The van der Waals surface area contributed by atoms with E-state index in [1.54, 1.807) is 0 Å². The zero-order chi connectivity index (χ0) is 37.5. The van der Waals surface area contributed by atoms with Gasteiger partial charge in [-0.05, 0) is 151 Å². The SMILES string of the molecule is CC1(C)c2cc(-c3cc4ccccc4c4ccccc34)ccc2-c2c1cc1c3c(cccc23)C(C)(C)c2cc(-c3cc4ccccc4c4ccccc34)ccc2-1. The minimum Gasteiger partial charge on any atom is -0.0616 e. The van der Waals surface area contributed by atoms with Crippen molar-refractivity contribution in [1.29, 1.82) is 0 Å². The maximum atomic E-state index is 2.56. The van der Waals surface area contributed by atoms with Crippen LogP contribution in [0.4, 0.5) is 0 Å². The molecule has 2 aliphatic carbocycles. The van der Waals surface area contributed by atoms with Gasteiger partial charge in [-0.2, -0.15) is 0 Å². The van der Waals surface area contributed by atoms with Crippen LogP contribution in [-0.2, 0) is 10.8 Å². The Morgan fingerprint density at radius 1 is 0.286 bits per heavy atom. The molecule has 0 saturated carbocycles. The third-order valence-electron chi connectivity index (χ3n) is 13.6. The van der Waals surface area contributed by atoms with E-state index in [0.29, 0.717) is 0 Å². The summed E-state index contributed by atoms with van der Waals surface area (Å²) in [6.07, 6.45) is 0. The van der Waals surface area contributed by atoms with Gasteiger partial charge in [-0.1, -0.05) is 167 Å². The summed E-state index contributed by atoms with van der Waals surface area (Å²) in [4.78, 5) is 0. The van der Waals surface area contributed by atoms with Gasteiger partial charge in [0.15, 0.2) is 0 Å². The van der Waals surface area contributed by atoms with E-state index >= 15 is 0 Å². The minimum atomic E-state index is -0.184. The first-order chi connectivity index (χ1) is 27.3. The molecule has 0 saturated heterocycles. The van der Waals surface area contributed by atoms with Crippen molar-refractivity contribution < 1.29 is 0 Å². The standard InChI is InChI=1S/C56H40/c1-55(2)49-23-13-22-45-53-44-27-25-36(47-29-34-15-6-8-17-38(34)40-19-10-12-21-42(40)47)31-51(44)56(3,4)52(53)32-48(54(45)49)43-26-24-35(30-50(43)55)46-28-33-14-5-7-16-37(33)39-18-9-11-20-41(39)46/h5-32H,1-4H3. The number of benzene rings is 10. The summed E-state index contributed by atoms with van der Waals surface area (Å²) in [5, 5.41) is 13.2. The van der Waals surface area contributed by atoms with Crippen LogP contribution in [0.2, 0.25) is 0 Å². The second-order valence-corrected chi connectivity index (χ2v) is 17.2. The van der Waals surface area contributed by atoms with Gasteiger partial charge < -0.3 is 0 Å². The van der Waals surface area contributed by atoms with Crippen LogP contribution in [0.5, 0.6) is 0 Å². The molecule has 10 aromatic rings. The summed E-state index contributed by atoms with van der Waals surface area (Å²) in [5.41, 5.74) is 15.9. The Morgan fingerprint density at radius 2 is 0.750 bits per heavy atom. The summed E-state index contributed by atoms with van der Waals surface area (Å²) in [6.45, 7) is 9.72. The molecule has 0 unspecified atom stereocenters. The summed E-state index contributed by atoms with van der Waals surface area (Å²) in [6, 6.07) is 64.4. The fourth-order valence-corrected chi connectivity index (χ4v) is 10.8. The Hall–Kier alpha value is -6.50. The van der Waals surface area contributed by atoms with Crippen LogP contribution in [-0.4, -0.2) is 0 Å². The third kappa shape index (κ3) is 4.14. The smallest absolute Gasteiger partial charge is 0.0159 e. The minimum absolute atomic E-state index is 0.175. The number of fused-ring (bicyclic) bond motifs is 12. The maximum Gasteiger partial charge on any atom is 0.0159 e. The van der Waals surface area contributed by atoms with Crippen molar-refractivity contribution in [2.75, 3.05) is 0 Å². The molecule has 0 bridgehead atoms. The molecule has 0 aromatic heterocycles. The van der Waals surface area contributed by atoms with Gasteiger partial charge in [0.05, 0.1) is 0 Å². The van der Waals surface area contributed by atoms with E-state index in [0.717, 1.165) is 0 Å². The highest BCUT2D eigenvalue weighted by Gasteiger charge is 2.41. The van der Waals surface area contributed by atoms with Crippen molar-refractivity contribution in [3.05, 3.63) is 192 Å². The Labute approximate surface area is 327 Å². The van der Waals surface area contributed by atoms with Crippen molar-refractivity contribution in [2.45, 2.75) is 38.5 Å². The second-order valence-electron chi connectivity index (χ2n) is 17.2. The molecular formula is C56H40. The van der Waals surface area contributed by atoms with E-state index in [9.17, 15) is 0 Å². The summed E-state index contributed by atoms with van der Waals surface area (Å²) in [7, 11) is 0. The molecule has 0 heteroatoms. The first-order valence-corrected chi connectivity index (χ1v) is 20.0. The van der Waals surface area contributed by atoms with Crippen LogP contribution in [0, 0.1) is 0 Å². The van der Waals surface area contributed by atoms with Crippen LogP contribution >= 0.6 is 0 Å². The second kappa shape index (κ2) is 11.1. The average Bonchev–Trinajstić information content (AvgIpc) is 3.47. The highest BCUT2D eigenvalue weighted by molar-refractivity contribution is 6.17. The van der Waals surface area contributed by atoms with Gasteiger partial charge in [-0.25, -0.2) is 0 Å². The molecule has 0 fully saturated rings. The first-order valence-electron chi connectivity index (χ1n) is 20.0. The number of hydrogen-bond acceptors (Lipinski definition) is 0. The molecule has 0 nitrogen and oxygen atoms in total. The average molecular weight is 713 g/mol. The Balaban J connectivity index is 1.06. The van der Waals surface area contributed by atoms with Crippen LogP contribution in [0.25, 0.3) is 98.4 Å².